The molecule has 48 valence electrons. The van der Waals surface area contributed by atoms with Gasteiger partial charge in [0.2, 0.25) is 0 Å². The maximum atomic E-state index is 5.40. The molecule has 1 heterocycles. The first-order valence-corrected chi connectivity index (χ1v) is 2.45. The van der Waals surface area contributed by atoms with E-state index in [4.69, 9.17) is 10.5 Å². The zero-order valence-electron chi connectivity index (χ0n) is 5.03. The van der Waals surface area contributed by atoms with Crippen molar-refractivity contribution in [3.05, 3.63) is 12.3 Å². The van der Waals surface area contributed by atoms with Crippen molar-refractivity contribution in [1.29, 1.82) is 0 Å². The minimum Gasteiger partial charge on any atom is -0.478 e. The van der Waals surface area contributed by atoms with E-state index < -0.39 is 0 Å². The summed E-state index contributed by atoms with van der Waals surface area (Å²) in [5.74, 6) is 0.373. The number of ether oxygens (including phenoxy) is 1. The second-order valence-electron chi connectivity index (χ2n) is 1.50. The van der Waals surface area contributed by atoms with Crippen LogP contribution in [0.4, 0.5) is 5.69 Å². The van der Waals surface area contributed by atoms with Crippen molar-refractivity contribution in [2.24, 2.45) is 0 Å². The first-order chi connectivity index (χ1) is 4.34. The van der Waals surface area contributed by atoms with Gasteiger partial charge in [-0.2, -0.15) is 5.10 Å². The lowest BCUT2D eigenvalue weighted by molar-refractivity contribution is 0.394. The predicted octanol–water partition coefficient (Wildman–Crippen LogP) is 0.0674. The lowest BCUT2D eigenvalue weighted by atomic mass is 10.5. The van der Waals surface area contributed by atoms with E-state index in [2.05, 4.69) is 10.2 Å². The van der Waals surface area contributed by atoms with Crippen LogP contribution in [0.25, 0.3) is 0 Å². The highest BCUT2D eigenvalue weighted by atomic mass is 16.5. The summed E-state index contributed by atoms with van der Waals surface area (Å²) in [7, 11) is 1.50. The molecule has 0 aliphatic carbocycles. The molecule has 0 saturated carbocycles. The highest BCUT2D eigenvalue weighted by Crippen LogP contribution is 2.12. The zero-order valence-corrected chi connectivity index (χ0v) is 5.03. The Morgan fingerprint density at radius 3 is 2.89 bits per heavy atom. The van der Waals surface area contributed by atoms with Gasteiger partial charge in [0.05, 0.1) is 19.0 Å². The van der Waals surface area contributed by atoms with E-state index in [1.54, 1.807) is 6.07 Å². The fourth-order valence-electron chi connectivity index (χ4n) is 0.487. The van der Waals surface area contributed by atoms with Crippen LogP contribution in [0.15, 0.2) is 12.3 Å². The molecular weight excluding hydrogens is 118 g/mol. The van der Waals surface area contributed by atoms with Gasteiger partial charge in [0.25, 0.3) is 5.88 Å². The molecule has 0 aliphatic rings. The van der Waals surface area contributed by atoms with Gasteiger partial charge >= 0.3 is 0 Å². The fraction of sp³-hybridized carbons (Fsp3) is 0.200. The Balaban J connectivity index is 3.01. The van der Waals surface area contributed by atoms with Crippen molar-refractivity contribution < 1.29 is 4.74 Å². The molecule has 1 aromatic heterocycles. The Hall–Kier alpha value is -1.32. The summed E-state index contributed by atoms with van der Waals surface area (Å²) in [5.41, 5.74) is 5.91. The van der Waals surface area contributed by atoms with Crippen molar-refractivity contribution >= 4 is 5.69 Å². The Kier molecular flexibility index (Phi) is 1.48. The Bertz CT molecular complexity index is 201. The molecule has 0 bridgehead atoms. The molecule has 0 fully saturated rings. The van der Waals surface area contributed by atoms with Crippen molar-refractivity contribution in [2.45, 2.75) is 0 Å². The molecule has 0 aliphatic heterocycles. The fourth-order valence-corrected chi connectivity index (χ4v) is 0.487. The van der Waals surface area contributed by atoms with Gasteiger partial charge in [0, 0.05) is 0 Å². The lowest BCUT2D eigenvalue weighted by Gasteiger charge is -1.97. The van der Waals surface area contributed by atoms with Crippen molar-refractivity contribution in [3.63, 3.8) is 0 Å². The first-order valence-electron chi connectivity index (χ1n) is 2.45. The number of hydrogen-bond donors (Lipinski definition) is 1. The lowest BCUT2D eigenvalue weighted by Crippen LogP contribution is -1.95. The van der Waals surface area contributed by atoms with E-state index in [9.17, 15) is 0 Å². The molecule has 0 amide bonds. The standard InChI is InChI=1S/C5H7N3O/c1-9-5-4(6)2-3-7-8-5/h2-3H,1H3,(H2,6,7). The van der Waals surface area contributed by atoms with Gasteiger partial charge in [-0.1, -0.05) is 0 Å². The molecule has 0 spiro atoms. The average molecular weight is 125 g/mol. The van der Waals surface area contributed by atoms with Crippen LogP contribution in [-0.2, 0) is 0 Å². The monoisotopic (exact) mass is 125 g/mol. The first kappa shape index (κ1) is 5.81. The predicted molar refractivity (Wildman–Crippen MR) is 33.0 cm³/mol. The van der Waals surface area contributed by atoms with Gasteiger partial charge in [0.15, 0.2) is 0 Å². The summed E-state index contributed by atoms with van der Waals surface area (Å²) in [6, 6.07) is 1.63. The SMILES string of the molecule is COc1nnccc1N. The normalized spacial score (nSPS) is 9.00. The van der Waals surface area contributed by atoms with Gasteiger partial charge in [-0.3, -0.25) is 0 Å². The smallest absolute Gasteiger partial charge is 0.256 e. The number of rotatable bonds is 1. The van der Waals surface area contributed by atoms with Gasteiger partial charge in [-0.05, 0) is 6.07 Å². The number of anilines is 1. The number of hydrogen-bond acceptors (Lipinski definition) is 4. The molecule has 4 heteroatoms. The topological polar surface area (TPSA) is 61.0 Å². The summed E-state index contributed by atoms with van der Waals surface area (Å²) in [6.07, 6.45) is 1.51. The number of nitrogens with two attached hydrogens (primary N) is 1. The largest absolute Gasteiger partial charge is 0.478 e. The Labute approximate surface area is 52.7 Å². The Morgan fingerprint density at radius 2 is 2.44 bits per heavy atom. The molecule has 4 nitrogen and oxygen atoms in total. The van der Waals surface area contributed by atoms with Crippen LogP contribution in [0.5, 0.6) is 5.88 Å². The molecule has 9 heavy (non-hydrogen) atoms. The molecule has 0 atom stereocenters. The minimum absolute atomic E-state index is 0.373. The summed E-state index contributed by atoms with van der Waals surface area (Å²) in [6.45, 7) is 0. The molecule has 0 saturated heterocycles. The molecule has 0 unspecified atom stereocenters. The molecule has 0 aromatic carbocycles. The van der Waals surface area contributed by atoms with Crippen LogP contribution in [0, 0.1) is 0 Å². The molecule has 1 aromatic rings. The van der Waals surface area contributed by atoms with Crippen LogP contribution in [0.3, 0.4) is 0 Å². The van der Waals surface area contributed by atoms with Crippen LogP contribution >= 0.6 is 0 Å². The van der Waals surface area contributed by atoms with Crippen molar-refractivity contribution in [1.82, 2.24) is 10.2 Å². The van der Waals surface area contributed by atoms with Crippen molar-refractivity contribution in [2.75, 3.05) is 12.8 Å². The highest BCUT2D eigenvalue weighted by molar-refractivity contribution is 5.45. The molecule has 1 rings (SSSR count). The summed E-state index contributed by atoms with van der Waals surface area (Å²) < 4.78 is 4.75. The van der Waals surface area contributed by atoms with Crippen LogP contribution in [0.2, 0.25) is 0 Å². The maximum Gasteiger partial charge on any atom is 0.256 e. The van der Waals surface area contributed by atoms with E-state index in [1.807, 2.05) is 0 Å². The number of methoxy groups -OCH3 is 1. The molecule has 2 N–H and O–H groups in total. The van der Waals surface area contributed by atoms with E-state index in [-0.39, 0.29) is 0 Å². The second-order valence-corrected chi connectivity index (χ2v) is 1.50. The van der Waals surface area contributed by atoms with E-state index in [0.29, 0.717) is 11.6 Å². The third-order valence-corrected chi connectivity index (χ3v) is 0.910. The van der Waals surface area contributed by atoms with Crippen LogP contribution < -0.4 is 10.5 Å². The molecule has 0 radical (unpaired) electrons. The zero-order chi connectivity index (χ0) is 6.69. The number of aromatic nitrogens is 2. The average Bonchev–Trinajstić information content (AvgIpc) is 1.89. The van der Waals surface area contributed by atoms with Gasteiger partial charge in [-0.15, -0.1) is 5.10 Å². The summed E-state index contributed by atoms with van der Waals surface area (Å²) in [5, 5.41) is 7.16. The summed E-state index contributed by atoms with van der Waals surface area (Å²) >= 11 is 0. The second kappa shape index (κ2) is 2.30. The third kappa shape index (κ3) is 1.07. The highest BCUT2D eigenvalue weighted by Gasteiger charge is 1.95. The number of nitrogens with zero attached hydrogens (tertiary/aromatic N) is 2. The quantitative estimate of drug-likeness (QED) is 0.576. The van der Waals surface area contributed by atoms with E-state index >= 15 is 0 Å². The summed E-state index contributed by atoms with van der Waals surface area (Å²) in [4.78, 5) is 0. The van der Waals surface area contributed by atoms with Crippen LogP contribution in [0.1, 0.15) is 0 Å². The maximum absolute atomic E-state index is 5.40. The molecular formula is C5H7N3O. The third-order valence-electron chi connectivity index (χ3n) is 0.910. The number of nitrogen functional groups attached to an aromatic ring is 1. The minimum atomic E-state index is 0.373. The van der Waals surface area contributed by atoms with Gasteiger partial charge in [-0.25, -0.2) is 0 Å². The van der Waals surface area contributed by atoms with Gasteiger partial charge in [0.1, 0.15) is 0 Å². The van der Waals surface area contributed by atoms with Crippen molar-refractivity contribution in [3.8, 4) is 5.88 Å². The van der Waals surface area contributed by atoms with E-state index in [0.717, 1.165) is 0 Å². The Morgan fingerprint density at radius 1 is 1.67 bits per heavy atom. The van der Waals surface area contributed by atoms with Gasteiger partial charge < -0.3 is 10.5 Å². The van der Waals surface area contributed by atoms with Crippen LogP contribution in [-0.4, -0.2) is 17.3 Å². The van der Waals surface area contributed by atoms with E-state index in [1.165, 1.54) is 13.3 Å².